The normalized spacial score (nSPS) is 36.3. The molecular formula is C12H15N. The van der Waals surface area contributed by atoms with E-state index in [-0.39, 0.29) is 0 Å². The maximum atomic E-state index is 3.48. The number of hydrogen-bond acceptors (Lipinski definition) is 1. The Kier molecular flexibility index (Phi) is 1.66. The Labute approximate surface area is 79.2 Å². The fraction of sp³-hybridized carbons (Fsp3) is 0.500. The number of allylic oxidation sites excluding steroid dienone is 5. The van der Waals surface area contributed by atoms with E-state index in [4.69, 9.17) is 0 Å². The predicted octanol–water partition coefficient (Wildman–Crippen LogP) is 2.04. The van der Waals surface area contributed by atoms with Crippen LogP contribution in [0.3, 0.4) is 0 Å². The largest absolute Gasteiger partial charge is 0.312 e. The van der Waals surface area contributed by atoms with E-state index in [0.29, 0.717) is 0 Å². The Balaban J connectivity index is 2.05. The molecule has 68 valence electrons. The first-order valence-electron chi connectivity index (χ1n) is 5.23. The van der Waals surface area contributed by atoms with Gasteiger partial charge in [0.15, 0.2) is 0 Å². The molecule has 0 aromatic rings. The van der Waals surface area contributed by atoms with Crippen LogP contribution in [0.15, 0.2) is 35.5 Å². The highest BCUT2D eigenvalue weighted by molar-refractivity contribution is 5.41. The minimum atomic E-state index is 0.733. The van der Waals surface area contributed by atoms with Gasteiger partial charge in [-0.15, -0.1) is 0 Å². The molecule has 0 radical (unpaired) electrons. The van der Waals surface area contributed by atoms with Crippen molar-refractivity contribution in [2.45, 2.75) is 12.8 Å². The molecule has 0 spiro atoms. The minimum Gasteiger partial charge on any atom is -0.312 e. The van der Waals surface area contributed by atoms with Crippen LogP contribution in [0, 0.1) is 11.8 Å². The van der Waals surface area contributed by atoms with E-state index in [1.54, 1.807) is 11.1 Å². The van der Waals surface area contributed by atoms with E-state index in [0.717, 1.165) is 18.4 Å². The van der Waals surface area contributed by atoms with Gasteiger partial charge in [-0.25, -0.2) is 0 Å². The summed E-state index contributed by atoms with van der Waals surface area (Å²) in [6.07, 6.45) is 11.8. The lowest BCUT2D eigenvalue weighted by Gasteiger charge is -2.28. The molecule has 1 nitrogen and oxygen atoms in total. The van der Waals surface area contributed by atoms with Crippen LogP contribution in [-0.4, -0.2) is 13.1 Å². The molecule has 0 amide bonds. The van der Waals surface area contributed by atoms with Gasteiger partial charge in [0.1, 0.15) is 0 Å². The zero-order chi connectivity index (χ0) is 8.67. The average molecular weight is 173 g/mol. The highest BCUT2D eigenvalue weighted by Crippen LogP contribution is 2.38. The van der Waals surface area contributed by atoms with Gasteiger partial charge < -0.3 is 5.32 Å². The molecular weight excluding hydrogens is 158 g/mol. The average Bonchev–Trinajstić information content (AvgIpc) is 2.65. The smallest absolute Gasteiger partial charge is 0.0174 e. The summed E-state index contributed by atoms with van der Waals surface area (Å²) in [7, 11) is 0. The lowest BCUT2D eigenvalue weighted by molar-refractivity contribution is 0.488. The summed E-state index contributed by atoms with van der Waals surface area (Å²) in [6, 6.07) is 0. The Morgan fingerprint density at radius 2 is 2.23 bits per heavy atom. The second kappa shape index (κ2) is 2.85. The van der Waals surface area contributed by atoms with E-state index in [1.165, 1.54) is 19.4 Å². The SMILES string of the molecule is C1=CC2=C3CNCC3CCC2C=C1. The maximum absolute atomic E-state index is 3.48. The van der Waals surface area contributed by atoms with Crippen LogP contribution >= 0.6 is 0 Å². The lowest BCUT2D eigenvalue weighted by Crippen LogP contribution is -2.17. The summed E-state index contributed by atoms with van der Waals surface area (Å²) in [5, 5.41) is 3.48. The van der Waals surface area contributed by atoms with Gasteiger partial charge in [0, 0.05) is 19.0 Å². The van der Waals surface area contributed by atoms with Gasteiger partial charge in [-0.2, -0.15) is 0 Å². The van der Waals surface area contributed by atoms with E-state index in [1.807, 2.05) is 0 Å². The summed E-state index contributed by atoms with van der Waals surface area (Å²) in [4.78, 5) is 0. The molecule has 1 heterocycles. The molecule has 3 rings (SSSR count). The molecule has 1 saturated heterocycles. The lowest BCUT2D eigenvalue weighted by atomic mass is 9.76. The first kappa shape index (κ1) is 7.57. The van der Waals surface area contributed by atoms with Gasteiger partial charge in [0.25, 0.3) is 0 Å². The van der Waals surface area contributed by atoms with Crippen LogP contribution in [0.25, 0.3) is 0 Å². The molecule has 2 atom stereocenters. The fourth-order valence-corrected chi connectivity index (χ4v) is 2.83. The van der Waals surface area contributed by atoms with Crippen LogP contribution in [0.1, 0.15) is 12.8 Å². The minimum absolute atomic E-state index is 0.733. The molecule has 0 aromatic carbocycles. The van der Waals surface area contributed by atoms with Crippen molar-refractivity contribution in [3.05, 3.63) is 35.5 Å². The van der Waals surface area contributed by atoms with Gasteiger partial charge in [0.05, 0.1) is 0 Å². The van der Waals surface area contributed by atoms with E-state index in [9.17, 15) is 0 Å². The Bertz CT molecular complexity index is 309. The van der Waals surface area contributed by atoms with Crippen molar-refractivity contribution >= 4 is 0 Å². The topological polar surface area (TPSA) is 12.0 Å². The van der Waals surface area contributed by atoms with Gasteiger partial charge in [0.2, 0.25) is 0 Å². The summed E-state index contributed by atoms with van der Waals surface area (Å²) in [6.45, 7) is 2.35. The zero-order valence-corrected chi connectivity index (χ0v) is 7.79. The van der Waals surface area contributed by atoms with Crippen LogP contribution in [0.4, 0.5) is 0 Å². The van der Waals surface area contributed by atoms with Crippen molar-refractivity contribution in [1.29, 1.82) is 0 Å². The van der Waals surface area contributed by atoms with Crippen molar-refractivity contribution < 1.29 is 0 Å². The van der Waals surface area contributed by atoms with Crippen LogP contribution < -0.4 is 5.32 Å². The molecule has 1 heteroatoms. The number of nitrogens with one attached hydrogen (secondary N) is 1. The monoisotopic (exact) mass is 173 g/mol. The van der Waals surface area contributed by atoms with Crippen molar-refractivity contribution in [3.8, 4) is 0 Å². The first-order chi connectivity index (χ1) is 6.45. The Hall–Kier alpha value is -0.820. The maximum Gasteiger partial charge on any atom is 0.0174 e. The van der Waals surface area contributed by atoms with E-state index in [2.05, 4.69) is 29.6 Å². The molecule has 0 aromatic heterocycles. The number of hydrogen-bond donors (Lipinski definition) is 1. The summed E-state index contributed by atoms with van der Waals surface area (Å²) < 4.78 is 0. The van der Waals surface area contributed by atoms with Gasteiger partial charge in [-0.3, -0.25) is 0 Å². The molecule has 2 unspecified atom stereocenters. The summed E-state index contributed by atoms with van der Waals surface area (Å²) >= 11 is 0. The quantitative estimate of drug-likeness (QED) is 0.591. The van der Waals surface area contributed by atoms with Crippen molar-refractivity contribution in [2.75, 3.05) is 13.1 Å². The second-order valence-electron chi connectivity index (χ2n) is 4.24. The van der Waals surface area contributed by atoms with Gasteiger partial charge in [-0.05, 0) is 29.9 Å². The van der Waals surface area contributed by atoms with E-state index >= 15 is 0 Å². The molecule has 1 aliphatic heterocycles. The van der Waals surface area contributed by atoms with Crippen LogP contribution in [0.2, 0.25) is 0 Å². The van der Waals surface area contributed by atoms with Gasteiger partial charge >= 0.3 is 0 Å². The molecule has 0 saturated carbocycles. The third kappa shape index (κ3) is 1.11. The van der Waals surface area contributed by atoms with Crippen LogP contribution in [-0.2, 0) is 0 Å². The third-order valence-electron chi connectivity index (χ3n) is 3.53. The number of fused-ring (bicyclic) bond motifs is 2. The molecule has 13 heavy (non-hydrogen) atoms. The molecule has 3 aliphatic rings. The molecule has 1 fully saturated rings. The van der Waals surface area contributed by atoms with Gasteiger partial charge in [-0.1, -0.05) is 24.3 Å². The Morgan fingerprint density at radius 3 is 3.23 bits per heavy atom. The third-order valence-corrected chi connectivity index (χ3v) is 3.53. The van der Waals surface area contributed by atoms with Crippen LogP contribution in [0.5, 0.6) is 0 Å². The van der Waals surface area contributed by atoms with Crippen molar-refractivity contribution in [2.24, 2.45) is 11.8 Å². The Morgan fingerprint density at radius 1 is 1.23 bits per heavy atom. The van der Waals surface area contributed by atoms with E-state index < -0.39 is 0 Å². The number of rotatable bonds is 0. The highest BCUT2D eigenvalue weighted by atomic mass is 14.9. The highest BCUT2D eigenvalue weighted by Gasteiger charge is 2.30. The molecule has 0 bridgehead atoms. The summed E-state index contributed by atoms with van der Waals surface area (Å²) in [5.41, 5.74) is 3.31. The second-order valence-corrected chi connectivity index (χ2v) is 4.24. The first-order valence-corrected chi connectivity index (χ1v) is 5.23. The summed E-state index contributed by atoms with van der Waals surface area (Å²) in [5.74, 6) is 1.58. The standard InChI is InChI=1S/C12H15N/c1-2-4-11-9(3-1)5-6-10-7-13-8-12(10)11/h1-4,9-10,13H,5-8H2. The zero-order valence-electron chi connectivity index (χ0n) is 7.79. The molecule has 1 N–H and O–H groups in total. The predicted molar refractivity (Wildman–Crippen MR) is 54.4 cm³/mol. The van der Waals surface area contributed by atoms with Crippen molar-refractivity contribution in [1.82, 2.24) is 5.32 Å². The molecule has 2 aliphatic carbocycles. The van der Waals surface area contributed by atoms with Crippen molar-refractivity contribution in [3.63, 3.8) is 0 Å². The fourth-order valence-electron chi connectivity index (χ4n) is 2.83.